The maximum absolute atomic E-state index is 10.7. The Morgan fingerprint density at radius 3 is 2.62 bits per heavy atom. The smallest absolute Gasteiger partial charge is 0.264 e. The third-order valence-electron chi connectivity index (χ3n) is 3.15. The van der Waals surface area contributed by atoms with Crippen LogP contribution < -0.4 is 0 Å². The van der Waals surface area contributed by atoms with Gasteiger partial charge < -0.3 is 0 Å². The van der Waals surface area contributed by atoms with E-state index in [0.29, 0.717) is 0 Å². The van der Waals surface area contributed by atoms with Crippen molar-refractivity contribution < 1.29 is 4.92 Å². The molecule has 0 unspecified atom stereocenters. The third-order valence-corrected chi connectivity index (χ3v) is 4.02. The molecule has 0 aliphatic carbocycles. The maximum Gasteiger partial charge on any atom is 0.269 e. The summed E-state index contributed by atoms with van der Waals surface area (Å²) in [5.74, 6) is 0. The molecule has 0 saturated carbocycles. The van der Waals surface area contributed by atoms with Crippen LogP contribution in [0.3, 0.4) is 0 Å². The van der Waals surface area contributed by atoms with Crippen molar-refractivity contribution in [3.05, 3.63) is 63.8 Å². The number of aromatic nitrogens is 2. The molecular formula is C15H11N3O2S. The van der Waals surface area contributed by atoms with Crippen LogP contribution in [0.1, 0.15) is 5.56 Å². The van der Waals surface area contributed by atoms with Gasteiger partial charge in [-0.15, -0.1) is 11.3 Å². The number of pyridine rings is 1. The number of non-ortho nitro benzene ring substituents is 1. The van der Waals surface area contributed by atoms with Gasteiger partial charge in [-0.2, -0.15) is 0 Å². The first-order chi connectivity index (χ1) is 10.1. The minimum atomic E-state index is -0.407. The normalized spacial score (nSPS) is 10.5. The van der Waals surface area contributed by atoms with Crippen LogP contribution >= 0.6 is 11.3 Å². The Morgan fingerprint density at radius 1 is 1.19 bits per heavy atom. The van der Waals surface area contributed by atoms with Gasteiger partial charge >= 0.3 is 0 Å². The number of nitrogens with zero attached hydrogens (tertiary/aromatic N) is 3. The van der Waals surface area contributed by atoms with E-state index in [0.717, 1.165) is 27.4 Å². The van der Waals surface area contributed by atoms with Gasteiger partial charge in [-0.3, -0.25) is 15.1 Å². The summed E-state index contributed by atoms with van der Waals surface area (Å²) in [4.78, 5) is 19.0. The van der Waals surface area contributed by atoms with E-state index in [1.165, 1.54) is 23.5 Å². The molecule has 3 aromatic rings. The molecule has 0 N–H and O–H groups in total. The van der Waals surface area contributed by atoms with Gasteiger partial charge in [-0.25, -0.2) is 4.98 Å². The molecule has 1 aromatic carbocycles. The first kappa shape index (κ1) is 13.4. The summed E-state index contributed by atoms with van der Waals surface area (Å²) in [5, 5.41) is 13.5. The zero-order valence-electron chi connectivity index (χ0n) is 11.2. The average Bonchev–Trinajstić information content (AvgIpc) is 2.97. The molecule has 0 aliphatic rings. The Morgan fingerprint density at radius 2 is 1.95 bits per heavy atom. The highest BCUT2D eigenvalue weighted by atomic mass is 32.1. The molecule has 2 aromatic heterocycles. The summed E-state index contributed by atoms with van der Waals surface area (Å²) >= 11 is 1.54. The topological polar surface area (TPSA) is 68.9 Å². The van der Waals surface area contributed by atoms with Crippen LogP contribution in [0.5, 0.6) is 0 Å². The van der Waals surface area contributed by atoms with Crippen molar-refractivity contribution in [1.29, 1.82) is 0 Å². The molecule has 21 heavy (non-hydrogen) atoms. The first-order valence-electron chi connectivity index (χ1n) is 6.26. The standard InChI is InChI=1S/C15H11N3O2S/c1-10-6-7-16-8-13(10)15-17-14(9-21-15)11-2-4-12(5-3-11)18(19)20/h2-9H,1H3. The highest BCUT2D eigenvalue weighted by Gasteiger charge is 2.10. The fourth-order valence-electron chi connectivity index (χ4n) is 1.97. The Balaban J connectivity index is 1.95. The van der Waals surface area contributed by atoms with Gasteiger partial charge in [-0.1, -0.05) is 0 Å². The lowest BCUT2D eigenvalue weighted by atomic mass is 10.1. The molecule has 0 fully saturated rings. The predicted molar refractivity (Wildman–Crippen MR) is 82.2 cm³/mol. The van der Waals surface area contributed by atoms with Crippen molar-refractivity contribution in [3.8, 4) is 21.8 Å². The van der Waals surface area contributed by atoms with E-state index in [4.69, 9.17) is 0 Å². The summed E-state index contributed by atoms with van der Waals surface area (Å²) in [6.45, 7) is 2.02. The minimum Gasteiger partial charge on any atom is -0.264 e. The summed E-state index contributed by atoms with van der Waals surface area (Å²) in [6, 6.07) is 8.36. The van der Waals surface area contributed by atoms with Crippen LogP contribution in [-0.2, 0) is 0 Å². The number of thiazole rings is 1. The Hall–Kier alpha value is -2.60. The molecule has 3 rings (SSSR count). The molecule has 0 radical (unpaired) electrons. The number of hydrogen-bond acceptors (Lipinski definition) is 5. The van der Waals surface area contributed by atoms with E-state index in [1.54, 1.807) is 24.5 Å². The van der Waals surface area contributed by atoms with Crippen molar-refractivity contribution in [2.45, 2.75) is 6.92 Å². The predicted octanol–water partition coefficient (Wildman–Crippen LogP) is 4.09. The number of nitro benzene ring substituents is 1. The van der Waals surface area contributed by atoms with Gasteiger partial charge in [0.1, 0.15) is 5.01 Å². The molecule has 6 heteroatoms. The van der Waals surface area contributed by atoms with Crippen LogP contribution in [0.2, 0.25) is 0 Å². The number of aryl methyl sites for hydroxylation is 1. The highest BCUT2D eigenvalue weighted by molar-refractivity contribution is 7.13. The fourth-order valence-corrected chi connectivity index (χ4v) is 2.88. The zero-order chi connectivity index (χ0) is 14.8. The van der Waals surface area contributed by atoms with Crippen molar-refractivity contribution >= 4 is 17.0 Å². The molecule has 2 heterocycles. The Kier molecular flexibility index (Phi) is 3.45. The summed E-state index contributed by atoms with van der Waals surface area (Å²) in [7, 11) is 0. The number of benzene rings is 1. The zero-order valence-corrected chi connectivity index (χ0v) is 12.0. The second-order valence-corrected chi connectivity index (χ2v) is 5.39. The SMILES string of the molecule is Cc1ccncc1-c1nc(-c2ccc([N+](=O)[O-])cc2)cs1. The molecule has 0 spiro atoms. The molecular weight excluding hydrogens is 286 g/mol. The molecule has 0 atom stereocenters. The van der Waals surface area contributed by atoms with Crippen molar-refractivity contribution in [3.63, 3.8) is 0 Å². The van der Waals surface area contributed by atoms with Crippen LogP contribution in [0.4, 0.5) is 5.69 Å². The van der Waals surface area contributed by atoms with Crippen LogP contribution in [-0.4, -0.2) is 14.9 Å². The lowest BCUT2D eigenvalue weighted by molar-refractivity contribution is -0.384. The van der Waals surface area contributed by atoms with E-state index >= 15 is 0 Å². The number of hydrogen-bond donors (Lipinski definition) is 0. The largest absolute Gasteiger partial charge is 0.269 e. The highest BCUT2D eigenvalue weighted by Crippen LogP contribution is 2.30. The molecule has 104 valence electrons. The van der Waals surface area contributed by atoms with Crippen LogP contribution in [0.25, 0.3) is 21.8 Å². The maximum atomic E-state index is 10.7. The van der Waals surface area contributed by atoms with Gasteiger partial charge in [0.2, 0.25) is 0 Å². The molecule has 5 nitrogen and oxygen atoms in total. The third kappa shape index (κ3) is 2.66. The molecule has 0 amide bonds. The Labute approximate surface area is 125 Å². The van der Waals surface area contributed by atoms with E-state index in [1.807, 2.05) is 18.4 Å². The van der Waals surface area contributed by atoms with Gasteiger partial charge in [0.15, 0.2) is 0 Å². The molecule has 0 saturated heterocycles. The summed E-state index contributed by atoms with van der Waals surface area (Å²) in [5.41, 5.74) is 3.89. The van der Waals surface area contributed by atoms with Crippen molar-refractivity contribution in [2.24, 2.45) is 0 Å². The lowest BCUT2D eigenvalue weighted by Gasteiger charge is -2.00. The second-order valence-electron chi connectivity index (χ2n) is 4.53. The van der Waals surface area contributed by atoms with Crippen molar-refractivity contribution in [2.75, 3.05) is 0 Å². The minimum absolute atomic E-state index is 0.0808. The van der Waals surface area contributed by atoms with Crippen molar-refractivity contribution in [1.82, 2.24) is 9.97 Å². The van der Waals surface area contributed by atoms with Crippen LogP contribution in [0.15, 0.2) is 48.1 Å². The quantitative estimate of drug-likeness (QED) is 0.539. The summed E-state index contributed by atoms with van der Waals surface area (Å²) in [6.07, 6.45) is 3.55. The van der Waals surface area contributed by atoms with Gasteiger partial charge in [0.05, 0.1) is 10.6 Å². The molecule has 0 aliphatic heterocycles. The van der Waals surface area contributed by atoms with E-state index < -0.39 is 4.92 Å². The number of nitro groups is 1. The van der Waals surface area contributed by atoms with E-state index in [2.05, 4.69) is 9.97 Å². The van der Waals surface area contributed by atoms with Gasteiger partial charge in [0.25, 0.3) is 5.69 Å². The molecule has 0 bridgehead atoms. The second kappa shape index (κ2) is 5.41. The first-order valence-corrected chi connectivity index (χ1v) is 7.14. The van der Waals surface area contributed by atoms with E-state index in [-0.39, 0.29) is 5.69 Å². The lowest BCUT2D eigenvalue weighted by Crippen LogP contribution is -1.87. The monoisotopic (exact) mass is 297 g/mol. The van der Waals surface area contributed by atoms with E-state index in [9.17, 15) is 10.1 Å². The number of rotatable bonds is 3. The Bertz CT molecular complexity index is 797. The van der Waals surface area contributed by atoms with Gasteiger partial charge in [-0.05, 0) is 30.7 Å². The average molecular weight is 297 g/mol. The van der Waals surface area contributed by atoms with Crippen LogP contribution in [0, 0.1) is 17.0 Å². The van der Waals surface area contributed by atoms with Gasteiger partial charge in [0, 0.05) is 41.0 Å². The summed E-state index contributed by atoms with van der Waals surface area (Å²) < 4.78 is 0. The fraction of sp³-hybridized carbons (Fsp3) is 0.0667.